The van der Waals surface area contributed by atoms with Crippen molar-refractivity contribution in [1.29, 1.82) is 0 Å². The van der Waals surface area contributed by atoms with Gasteiger partial charge in [-0.2, -0.15) is 0 Å². The summed E-state index contributed by atoms with van der Waals surface area (Å²) in [4.78, 5) is 3.48. The van der Waals surface area contributed by atoms with Crippen LogP contribution >= 0.6 is 15.9 Å². The zero-order valence-corrected chi connectivity index (χ0v) is 9.26. The maximum atomic E-state index is 4.44. The van der Waals surface area contributed by atoms with Crippen LogP contribution in [0.2, 0.25) is 0 Å². The lowest BCUT2D eigenvalue weighted by Crippen LogP contribution is -2.16. The Hall–Kier alpha value is -0.800. The number of benzene rings is 1. The number of aromatic nitrogens is 1. The first-order valence-corrected chi connectivity index (χ1v) is 5.57. The van der Waals surface area contributed by atoms with Crippen molar-refractivity contribution >= 4 is 26.8 Å². The summed E-state index contributed by atoms with van der Waals surface area (Å²) < 4.78 is 1.14. The summed E-state index contributed by atoms with van der Waals surface area (Å²) in [6, 6.07) is 6.31. The Bertz CT molecular complexity index is 487. The van der Waals surface area contributed by atoms with Crippen LogP contribution in [0.15, 0.2) is 22.7 Å². The molecule has 0 amide bonds. The first kappa shape index (κ1) is 8.50. The molecule has 1 aliphatic heterocycles. The van der Waals surface area contributed by atoms with E-state index >= 15 is 0 Å². The summed E-state index contributed by atoms with van der Waals surface area (Å²) in [5.41, 5.74) is 3.96. The van der Waals surface area contributed by atoms with Gasteiger partial charge in [0, 0.05) is 35.1 Å². The zero-order valence-electron chi connectivity index (χ0n) is 7.68. The number of para-hydroxylation sites is 1. The molecule has 14 heavy (non-hydrogen) atoms. The number of H-pyrrole nitrogens is 1. The molecule has 71 valence electrons. The van der Waals surface area contributed by atoms with Crippen LogP contribution in [0.25, 0.3) is 10.9 Å². The fraction of sp³-hybridized carbons (Fsp3) is 0.273. The third-order valence-electron chi connectivity index (χ3n) is 2.77. The van der Waals surface area contributed by atoms with Gasteiger partial charge in [-0.25, -0.2) is 5.32 Å². The minimum absolute atomic E-state index is 0.867. The molecule has 1 aromatic heterocycles. The molecule has 2 heterocycles. The van der Waals surface area contributed by atoms with Gasteiger partial charge in [0.25, 0.3) is 0 Å². The van der Waals surface area contributed by atoms with Gasteiger partial charge < -0.3 is 4.98 Å². The highest BCUT2D eigenvalue weighted by atomic mass is 79.9. The van der Waals surface area contributed by atoms with E-state index in [0.717, 1.165) is 24.0 Å². The van der Waals surface area contributed by atoms with Gasteiger partial charge in [-0.3, -0.25) is 0 Å². The fourth-order valence-corrected chi connectivity index (χ4v) is 2.53. The van der Waals surface area contributed by atoms with E-state index in [2.05, 4.69) is 44.4 Å². The summed E-state index contributed by atoms with van der Waals surface area (Å²) >= 11 is 3.56. The third kappa shape index (κ3) is 1.12. The second-order valence-corrected chi connectivity index (χ2v) is 4.45. The van der Waals surface area contributed by atoms with Crippen LogP contribution in [0.5, 0.6) is 0 Å². The molecule has 0 atom stereocenters. The number of fused-ring (bicyclic) bond motifs is 3. The smallest absolute Gasteiger partial charge is 0.0603 e. The maximum absolute atomic E-state index is 4.44. The van der Waals surface area contributed by atoms with Crippen molar-refractivity contribution < 1.29 is 0 Å². The van der Waals surface area contributed by atoms with Gasteiger partial charge in [-0.1, -0.05) is 12.1 Å². The number of rotatable bonds is 0. The largest absolute Gasteiger partial charge is 0.357 e. The van der Waals surface area contributed by atoms with Gasteiger partial charge in [0.15, 0.2) is 0 Å². The molecule has 1 aliphatic rings. The molecule has 1 radical (unpaired) electrons. The quantitative estimate of drug-likeness (QED) is 0.744. The van der Waals surface area contributed by atoms with E-state index in [4.69, 9.17) is 0 Å². The number of nitrogens with one attached hydrogen (secondary N) is 1. The molecule has 3 heteroatoms. The van der Waals surface area contributed by atoms with Crippen LogP contribution in [-0.4, -0.2) is 11.5 Å². The van der Waals surface area contributed by atoms with Crippen molar-refractivity contribution in [2.45, 2.75) is 13.0 Å². The minimum Gasteiger partial charge on any atom is -0.357 e. The van der Waals surface area contributed by atoms with Gasteiger partial charge in [0.2, 0.25) is 0 Å². The van der Waals surface area contributed by atoms with Crippen molar-refractivity contribution in [1.82, 2.24) is 10.3 Å². The minimum atomic E-state index is 0.867. The molecular weight excluding hydrogens is 240 g/mol. The maximum Gasteiger partial charge on any atom is 0.0603 e. The van der Waals surface area contributed by atoms with Gasteiger partial charge in [0.05, 0.1) is 5.52 Å². The van der Waals surface area contributed by atoms with Crippen LogP contribution in [0.1, 0.15) is 11.3 Å². The fourth-order valence-electron chi connectivity index (χ4n) is 2.07. The zero-order chi connectivity index (χ0) is 9.54. The first-order valence-electron chi connectivity index (χ1n) is 4.77. The Morgan fingerprint density at radius 3 is 3.21 bits per heavy atom. The molecule has 0 saturated heterocycles. The summed E-state index contributed by atoms with van der Waals surface area (Å²) in [7, 11) is 0. The molecule has 3 rings (SSSR count). The van der Waals surface area contributed by atoms with E-state index in [1.807, 2.05) is 0 Å². The molecule has 1 N–H and O–H groups in total. The number of hydrogen-bond donors (Lipinski definition) is 1. The van der Waals surface area contributed by atoms with E-state index in [9.17, 15) is 0 Å². The van der Waals surface area contributed by atoms with Crippen LogP contribution in [0.3, 0.4) is 0 Å². The molecule has 1 aromatic carbocycles. The van der Waals surface area contributed by atoms with Crippen LogP contribution in [0.4, 0.5) is 0 Å². The SMILES string of the molecule is Brc1cccc2c3c([nH]c12)CC[N]C3. The predicted octanol–water partition coefficient (Wildman–Crippen LogP) is 2.59. The van der Waals surface area contributed by atoms with Gasteiger partial charge in [-0.05, 0) is 27.6 Å². The lowest BCUT2D eigenvalue weighted by molar-refractivity contribution is 0.627. The Kier molecular flexibility index (Phi) is 1.89. The molecule has 0 spiro atoms. The number of halogens is 1. The van der Waals surface area contributed by atoms with E-state index in [-0.39, 0.29) is 0 Å². The standard InChI is InChI=1S/C11H10BrN2/c12-9-3-1-2-7-8-6-13-5-4-10(8)14-11(7)9/h1-3,14H,4-6H2. The van der Waals surface area contributed by atoms with Crippen molar-refractivity contribution in [3.63, 3.8) is 0 Å². The molecular formula is C11H10BrN2. The van der Waals surface area contributed by atoms with Gasteiger partial charge in [-0.15, -0.1) is 0 Å². The number of nitrogens with zero attached hydrogens (tertiary/aromatic N) is 1. The van der Waals surface area contributed by atoms with Crippen LogP contribution in [-0.2, 0) is 13.0 Å². The average Bonchev–Trinajstić information content (AvgIpc) is 2.59. The van der Waals surface area contributed by atoms with Crippen molar-refractivity contribution in [2.24, 2.45) is 0 Å². The molecule has 0 fully saturated rings. The Morgan fingerprint density at radius 1 is 1.36 bits per heavy atom. The van der Waals surface area contributed by atoms with Gasteiger partial charge in [0.1, 0.15) is 0 Å². The summed E-state index contributed by atoms with van der Waals surface area (Å²) in [5, 5.41) is 5.75. The van der Waals surface area contributed by atoms with E-state index in [0.29, 0.717) is 0 Å². The van der Waals surface area contributed by atoms with Crippen LogP contribution < -0.4 is 5.32 Å². The van der Waals surface area contributed by atoms with E-state index < -0.39 is 0 Å². The second kappa shape index (κ2) is 3.11. The molecule has 0 aliphatic carbocycles. The van der Waals surface area contributed by atoms with E-state index in [1.54, 1.807) is 0 Å². The summed E-state index contributed by atoms with van der Waals surface area (Å²) in [6.45, 7) is 1.82. The highest BCUT2D eigenvalue weighted by molar-refractivity contribution is 9.10. The van der Waals surface area contributed by atoms with Crippen molar-refractivity contribution in [2.75, 3.05) is 6.54 Å². The molecule has 0 saturated carbocycles. The highest BCUT2D eigenvalue weighted by Crippen LogP contribution is 2.29. The van der Waals surface area contributed by atoms with Gasteiger partial charge >= 0.3 is 0 Å². The Labute approximate surface area is 90.8 Å². The van der Waals surface area contributed by atoms with Crippen molar-refractivity contribution in [3.8, 4) is 0 Å². The number of hydrogen-bond acceptors (Lipinski definition) is 0. The topological polar surface area (TPSA) is 29.9 Å². The lowest BCUT2D eigenvalue weighted by atomic mass is 10.1. The summed E-state index contributed by atoms with van der Waals surface area (Å²) in [6.07, 6.45) is 1.05. The highest BCUT2D eigenvalue weighted by Gasteiger charge is 2.16. The predicted molar refractivity (Wildman–Crippen MR) is 60.4 cm³/mol. The molecule has 0 bridgehead atoms. The normalized spacial score (nSPS) is 15.8. The first-order chi connectivity index (χ1) is 6.86. The molecule has 2 aromatic rings. The third-order valence-corrected chi connectivity index (χ3v) is 3.43. The second-order valence-electron chi connectivity index (χ2n) is 3.60. The molecule has 2 nitrogen and oxygen atoms in total. The van der Waals surface area contributed by atoms with Crippen molar-refractivity contribution in [3.05, 3.63) is 33.9 Å². The number of aromatic amines is 1. The monoisotopic (exact) mass is 249 g/mol. The summed E-state index contributed by atoms with van der Waals surface area (Å²) in [5.74, 6) is 0. The van der Waals surface area contributed by atoms with E-state index in [1.165, 1.54) is 22.2 Å². The Morgan fingerprint density at radius 2 is 2.29 bits per heavy atom. The lowest BCUT2D eigenvalue weighted by Gasteiger charge is -2.10. The Balaban J connectivity index is 2.36. The average molecular weight is 250 g/mol. The van der Waals surface area contributed by atoms with Crippen LogP contribution in [0, 0.1) is 0 Å². The molecule has 0 unspecified atom stereocenters.